The van der Waals surface area contributed by atoms with Gasteiger partial charge in [0.2, 0.25) is 0 Å². The number of aliphatic imine (C=N–C) groups is 1. The van der Waals surface area contributed by atoms with Crippen LogP contribution in [0.1, 0.15) is 24.4 Å². The second-order valence-electron chi connectivity index (χ2n) is 3.37. The maximum atomic E-state index is 5.27. The molecule has 0 spiro atoms. The highest BCUT2D eigenvalue weighted by Crippen LogP contribution is 2.13. The first-order valence-corrected chi connectivity index (χ1v) is 4.92. The minimum Gasteiger partial charge on any atom is -0.469 e. The van der Waals surface area contributed by atoms with E-state index in [4.69, 9.17) is 8.83 Å². The van der Waals surface area contributed by atoms with E-state index in [1.807, 2.05) is 37.4 Å². The Morgan fingerprint density at radius 2 is 2.07 bits per heavy atom. The molecule has 0 saturated heterocycles. The zero-order chi connectivity index (χ0) is 10.5. The summed E-state index contributed by atoms with van der Waals surface area (Å²) in [6.07, 6.45) is 5.20. The molecule has 0 amide bonds. The first-order chi connectivity index (χ1) is 7.36. The average Bonchev–Trinajstić information content (AvgIpc) is 2.90. The molecule has 0 aromatic carbocycles. The molecule has 0 bridgehead atoms. The van der Waals surface area contributed by atoms with E-state index < -0.39 is 0 Å². The second kappa shape index (κ2) is 4.64. The Morgan fingerprint density at radius 1 is 1.27 bits per heavy atom. The number of hydrogen-bond donors (Lipinski definition) is 0. The van der Waals surface area contributed by atoms with Gasteiger partial charge in [-0.3, -0.25) is 4.99 Å². The van der Waals surface area contributed by atoms with Crippen LogP contribution >= 0.6 is 0 Å². The van der Waals surface area contributed by atoms with Crippen LogP contribution in [0.3, 0.4) is 0 Å². The molecule has 0 fully saturated rings. The van der Waals surface area contributed by atoms with Crippen LogP contribution in [0, 0.1) is 0 Å². The number of rotatable bonds is 4. The first-order valence-electron chi connectivity index (χ1n) is 4.92. The second-order valence-corrected chi connectivity index (χ2v) is 3.37. The Hall–Kier alpha value is -1.77. The summed E-state index contributed by atoms with van der Waals surface area (Å²) in [5.74, 6) is 2.01. The van der Waals surface area contributed by atoms with Crippen molar-refractivity contribution in [1.29, 1.82) is 0 Å². The summed E-state index contributed by atoms with van der Waals surface area (Å²) in [5.41, 5.74) is 0. The van der Waals surface area contributed by atoms with Gasteiger partial charge in [0.15, 0.2) is 0 Å². The van der Waals surface area contributed by atoms with Crippen molar-refractivity contribution < 1.29 is 8.83 Å². The largest absolute Gasteiger partial charge is 0.469 e. The highest BCUT2D eigenvalue weighted by atomic mass is 16.3. The Labute approximate surface area is 88.4 Å². The molecule has 0 radical (unpaired) electrons. The molecule has 78 valence electrons. The predicted molar refractivity (Wildman–Crippen MR) is 58.0 cm³/mol. The van der Waals surface area contributed by atoms with Crippen molar-refractivity contribution in [2.24, 2.45) is 4.99 Å². The van der Waals surface area contributed by atoms with E-state index in [0.29, 0.717) is 6.54 Å². The molecule has 0 aliphatic heterocycles. The van der Waals surface area contributed by atoms with Crippen molar-refractivity contribution in [1.82, 2.24) is 0 Å². The number of hydrogen-bond acceptors (Lipinski definition) is 3. The third-order valence-electron chi connectivity index (χ3n) is 2.15. The first kappa shape index (κ1) is 9.77. The van der Waals surface area contributed by atoms with Gasteiger partial charge in [-0.05, 0) is 24.3 Å². The minimum absolute atomic E-state index is 0.204. The minimum atomic E-state index is 0.204. The fourth-order valence-corrected chi connectivity index (χ4v) is 1.33. The van der Waals surface area contributed by atoms with Gasteiger partial charge in [0.05, 0.1) is 19.1 Å². The van der Waals surface area contributed by atoms with Crippen LogP contribution in [0.15, 0.2) is 50.6 Å². The lowest BCUT2D eigenvalue weighted by Crippen LogP contribution is -1.92. The van der Waals surface area contributed by atoms with Gasteiger partial charge in [-0.1, -0.05) is 6.92 Å². The third-order valence-corrected chi connectivity index (χ3v) is 2.15. The molecule has 3 heteroatoms. The highest BCUT2D eigenvalue weighted by Gasteiger charge is 2.03. The van der Waals surface area contributed by atoms with Crippen LogP contribution < -0.4 is 0 Å². The number of furan rings is 2. The van der Waals surface area contributed by atoms with Gasteiger partial charge in [-0.25, -0.2) is 0 Å². The summed E-state index contributed by atoms with van der Waals surface area (Å²) in [4.78, 5) is 4.29. The molecule has 0 aliphatic carbocycles. The van der Waals surface area contributed by atoms with Crippen molar-refractivity contribution >= 4 is 6.21 Å². The summed E-state index contributed by atoms with van der Waals surface area (Å²) in [6.45, 7) is 2.63. The standard InChI is InChI=1S/C12H13NO2/c1-10(12-5-3-7-15-12)8-13-9-11-4-2-6-14-11/h2-8,10H,9H2,1H3. The van der Waals surface area contributed by atoms with Gasteiger partial charge >= 0.3 is 0 Å². The topological polar surface area (TPSA) is 38.6 Å². The quantitative estimate of drug-likeness (QED) is 0.715. The summed E-state index contributed by atoms with van der Waals surface area (Å²) in [5, 5.41) is 0. The van der Waals surface area contributed by atoms with Crippen molar-refractivity contribution in [3.8, 4) is 0 Å². The van der Waals surface area contributed by atoms with Gasteiger partial charge in [-0.2, -0.15) is 0 Å². The normalized spacial score (nSPS) is 13.4. The fourth-order valence-electron chi connectivity index (χ4n) is 1.33. The Balaban J connectivity index is 1.89. The van der Waals surface area contributed by atoms with Gasteiger partial charge in [0.25, 0.3) is 0 Å². The van der Waals surface area contributed by atoms with Crippen molar-refractivity contribution in [3.05, 3.63) is 48.3 Å². The molecule has 1 unspecified atom stereocenters. The fraction of sp³-hybridized carbons (Fsp3) is 0.250. The van der Waals surface area contributed by atoms with E-state index >= 15 is 0 Å². The van der Waals surface area contributed by atoms with Gasteiger partial charge in [0, 0.05) is 12.1 Å². The summed E-state index contributed by atoms with van der Waals surface area (Å²) >= 11 is 0. The Bertz CT molecular complexity index is 401. The van der Waals surface area contributed by atoms with Gasteiger partial charge in [0.1, 0.15) is 11.5 Å². The smallest absolute Gasteiger partial charge is 0.125 e. The van der Waals surface area contributed by atoms with Crippen molar-refractivity contribution in [3.63, 3.8) is 0 Å². The number of nitrogens with zero attached hydrogens (tertiary/aromatic N) is 1. The van der Waals surface area contributed by atoms with E-state index in [1.165, 1.54) is 0 Å². The lowest BCUT2D eigenvalue weighted by atomic mass is 10.1. The van der Waals surface area contributed by atoms with E-state index in [-0.39, 0.29) is 5.92 Å². The highest BCUT2D eigenvalue weighted by molar-refractivity contribution is 5.65. The predicted octanol–water partition coefficient (Wildman–Crippen LogP) is 3.25. The zero-order valence-corrected chi connectivity index (χ0v) is 8.59. The molecular formula is C12H13NO2. The molecule has 3 nitrogen and oxygen atoms in total. The van der Waals surface area contributed by atoms with E-state index in [1.54, 1.807) is 12.5 Å². The van der Waals surface area contributed by atoms with Crippen LogP contribution in [0.25, 0.3) is 0 Å². The van der Waals surface area contributed by atoms with Crippen LogP contribution in [-0.2, 0) is 6.54 Å². The monoisotopic (exact) mass is 203 g/mol. The molecule has 0 aliphatic rings. The Kier molecular flexibility index (Phi) is 3.02. The molecular weight excluding hydrogens is 190 g/mol. The lowest BCUT2D eigenvalue weighted by molar-refractivity contribution is 0.504. The summed E-state index contributed by atoms with van der Waals surface area (Å²) in [6, 6.07) is 7.60. The molecule has 0 saturated carbocycles. The molecule has 2 aromatic heterocycles. The van der Waals surface area contributed by atoms with Crippen molar-refractivity contribution in [2.45, 2.75) is 19.4 Å². The molecule has 1 atom stereocenters. The zero-order valence-electron chi connectivity index (χ0n) is 8.59. The lowest BCUT2D eigenvalue weighted by Gasteiger charge is -1.99. The molecule has 2 rings (SSSR count). The maximum absolute atomic E-state index is 5.27. The van der Waals surface area contributed by atoms with E-state index in [0.717, 1.165) is 11.5 Å². The van der Waals surface area contributed by atoms with Crippen LogP contribution in [0.5, 0.6) is 0 Å². The summed E-state index contributed by atoms with van der Waals surface area (Å²) in [7, 11) is 0. The van der Waals surface area contributed by atoms with Gasteiger partial charge in [-0.15, -0.1) is 0 Å². The molecule has 0 N–H and O–H groups in total. The summed E-state index contributed by atoms with van der Waals surface area (Å²) < 4.78 is 10.4. The van der Waals surface area contributed by atoms with E-state index in [2.05, 4.69) is 4.99 Å². The van der Waals surface area contributed by atoms with Gasteiger partial charge < -0.3 is 8.83 Å². The molecule has 2 aromatic rings. The third kappa shape index (κ3) is 2.59. The van der Waals surface area contributed by atoms with Crippen LogP contribution in [0.4, 0.5) is 0 Å². The molecule has 2 heterocycles. The SMILES string of the molecule is CC(C=NCc1ccco1)c1ccco1. The maximum Gasteiger partial charge on any atom is 0.125 e. The van der Waals surface area contributed by atoms with Crippen LogP contribution in [-0.4, -0.2) is 6.21 Å². The average molecular weight is 203 g/mol. The molecule has 15 heavy (non-hydrogen) atoms. The van der Waals surface area contributed by atoms with Crippen molar-refractivity contribution in [2.75, 3.05) is 0 Å². The van der Waals surface area contributed by atoms with E-state index in [9.17, 15) is 0 Å². The Morgan fingerprint density at radius 3 is 2.73 bits per heavy atom. The van der Waals surface area contributed by atoms with Crippen LogP contribution in [0.2, 0.25) is 0 Å².